The molecule has 15 heteroatoms. The number of benzene rings is 1. The maximum Gasteiger partial charge on any atom is 0.308 e. The van der Waals surface area contributed by atoms with Crippen LogP contribution in [0.15, 0.2) is 12.1 Å². The monoisotopic (exact) mass is 581 g/mol. The summed E-state index contributed by atoms with van der Waals surface area (Å²) in [7, 11) is 0. The number of hydrogen-bond donors (Lipinski definition) is 1. The van der Waals surface area contributed by atoms with Gasteiger partial charge >= 0.3 is 35.8 Å². The van der Waals surface area contributed by atoms with E-state index >= 15 is 0 Å². The molecule has 0 radical (unpaired) electrons. The third-order valence-electron chi connectivity index (χ3n) is 5.27. The molecule has 0 spiro atoms. The van der Waals surface area contributed by atoms with Crippen molar-refractivity contribution < 1.29 is 66.7 Å². The van der Waals surface area contributed by atoms with E-state index in [0.717, 1.165) is 47.6 Å². The van der Waals surface area contributed by atoms with Gasteiger partial charge in [0.05, 0.1) is 0 Å². The highest BCUT2D eigenvalue weighted by molar-refractivity contribution is 5.96. The quantitative estimate of drug-likeness (QED) is 0.242. The van der Waals surface area contributed by atoms with Gasteiger partial charge in [0.25, 0.3) is 5.91 Å². The molecule has 2 rings (SSSR count). The third-order valence-corrected chi connectivity index (χ3v) is 5.27. The molecular weight excluding hydrogens is 550 g/mol. The molecule has 1 unspecified atom stereocenters. The number of rotatable bonds is 9. The Morgan fingerprint density at radius 2 is 1.24 bits per heavy atom. The Morgan fingerprint density at radius 3 is 1.76 bits per heavy atom. The minimum Gasteiger partial charge on any atom is -0.463 e. The van der Waals surface area contributed by atoms with Crippen molar-refractivity contribution in [3.05, 3.63) is 23.3 Å². The van der Waals surface area contributed by atoms with E-state index in [9.17, 15) is 33.6 Å². The molecule has 41 heavy (non-hydrogen) atoms. The molecule has 224 valence electrons. The largest absolute Gasteiger partial charge is 0.463 e. The highest BCUT2D eigenvalue weighted by atomic mass is 16.7. The first-order valence-electron chi connectivity index (χ1n) is 12.2. The van der Waals surface area contributed by atoms with Crippen LogP contribution in [0.3, 0.4) is 0 Å². The first kappa shape index (κ1) is 32.7. The molecule has 0 bridgehead atoms. The maximum atomic E-state index is 13.4. The van der Waals surface area contributed by atoms with Crippen molar-refractivity contribution in [1.82, 2.24) is 5.32 Å². The second-order valence-electron chi connectivity index (χ2n) is 8.90. The van der Waals surface area contributed by atoms with Gasteiger partial charge in [-0.3, -0.25) is 33.6 Å². The van der Waals surface area contributed by atoms with Crippen molar-refractivity contribution in [2.75, 3.05) is 6.61 Å². The summed E-state index contributed by atoms with van der Waals surface area (Å²) >= 11 is 0. The second kappa shape index (κ2) is 14.2. The molecule has 1 N–H and O–H groups in total. The summed E-state index contributed by atoms with van der Waals surface area (Å²) in [6.45, 7) is 7.57. The van der Waals surface area contributed by atoms with Crippen LogP contribution in [-0.2, 0) is 52.5 Å². The topological polar surface area (TPSA) is 196 Å². The van der Waals surface area contributed by atoms with E-state index in [4.69, 9.17) is 33.2 Å². The van der Waals surface area contributed by atoms with Gasteiger partial charge in [-0.1, -0.05) is 0 Å². The molecule has 1 fully saturated rings. The fourth-order valence-corrected chi connectivity index (χ4v) is 3.93. The molecule has 1 aliphatic heterocycles. The Hall–Kier alpha value is -4.53. The van der Waals surface area contributed by atoms with Gasteiger partial charge in [0.1, 0.15) is 12.7 Å². The standard InChI is InChI=1S/C26H31NO14/c1-11-8-18(9-19(36-13(3)29)21(11)37-14(4)30)25(34)27-26-24(40-17(7)33)23(39-16(6)32)22(38-15(5)31)20(41-26)10-35-12(2)28/h8-9,20,22-24,26H,10H2,1-7H3,(H,27,34)/t20-,22?,23+,24-,26-/m1/s1. The first-order valence-corrected chi connectivity index (χ1v) is 12.2. The van der Waals surface area contributed by atoms with Crippen molar-refractivity contribution >= 4 is 41.7 Å². The van der Waals surface area contributed by atoms with Crippen LogP contribution in [0, 0.1) is 6.92 Å². The average Bonchev–Trinajstić information content (AvgIpc) is 2.82. The Kier molecular flexibility index (Phi) is 11.3. The highest BCUT2D eigenvalue weighted by Crippen LogP contribution is 2.34. The minimum absolute atomic E-state index is 0.0865. The Morgan fingerprint density at radius 1 is 0.707 bits per heavy atom. The van der Waals surface area contributed by atoms with Gasteiger partial charge in [-0.25, -0.2) is 0 Å². The van der Waals surface area contributed by atoms with Gasteiger partial charge in [-0.2, -0.15) is 0 Å². The lowest BCUT2D eigenvalue weighted by molar-refractivity contribution is -0.255. The molecule has 5 atom stereocenters. The van der Waals surface area contributed by atoms with Crippen LogP contribution in [0.2, 0.25) is 0 Å². The number of aryl methyl sites for hydroxylation is 1. The van der Waals surface area contributed by atoms with E-state index < -0.39 is 79.0 Å². The van der Waals surface area contributed by atoms with E-state index in [0.29, 0.717) is 0 Å². The fourth-order valence-electron chi connectivity index (χ4n) is 3.93. The number of carbonyl (C=O) groups excluding carboxylic acids is 7. The zero-order valence-corrected chi connectivity index (χ0v) is 23.5. The van der Waals surface area contributed by atoms with Crippen LogP contribution in [-0.4, -0.2) is 79.0 Å². The molecule has 1 aromatic rings. The lowest BCUT2D eigenvalue weighted by Gasteiger charge is -2.44. The Bertz CT molecular complexity index is 1220. The fraction of sp³-hybridized carbons (Fsp3) is 0.500. The van der Waals surface area contributed by atoms with Gasteiger partial charge in [-0.15, -0.1) is 0 Å². The molecule has 1 aromatic carbocycles. The molecule has 1 heterocycles. The number of nitrogens with one attached hydrogen (secondary N) is 1. The van der Waals surface area contributed by atoms with Crippen molar-refractivity contribution in [2.45, 2.75) is 79.1 Å². The van der Waals surface area contributed by atoms with Crippen LogP contribution in [0.5, 0.6) is 11.5 Å². The first-order chi connectivity index (χ1) is 19.1. The third kappa shape index (κ3) is 9.56. The lowest BCUT2D eigenvalue weighted by atomic mass is 9.97. The summed E-state index contributed by atoms with van der Waals surface area (Å²) in [6, 6.07) is 2.46. The number of hydrogen-bond acceptors (Lipinski definition) is 14. The van der Waals surface area contributed by atoms with E-state index in [1.54, 1.807) is 0 Å². The zero-order valence-electron chi connectivity index (χ0n) is 23.5. The lowest BCUT2D eigenvalue weighted by Crippen LogP contribution is -2.66. The van der Waals surface area contributed by atoms with Crippen LogP contribution in [0.1, 0.15) is 57.5 Å². The summed E-state index contributed by atoms with van der Waals surface area (Å²) in [5, 5.41) is 2.49. The predicted molar refractivity (Wildman–Crippen MR) is 133 cm³/mol. The van der Waals surface area contributed by atoms with Crippen LogP contribution in [0.25, 0.3) is 0 Å². The number of amides is 1. The summed E-state index contributed by atoms with van der Waals surface area (Å²) < 4.78 is 37.0. The molecule has 0 aliphatic carbocycles. The van der Waals surface area contributed by atoms with Gasteiger partial charge in [0, 0.05) is 47.1 Å². The highest BCUT2D eigenvalue weighted by Gasteiger charge is 2.52. The van der Waals surface area contributed by atoms with Crippen molar-refractivity contribution in [2.24, 2.45) is 0 Å². The Balaban J connectivity index is 2.54. The molecule has 0 saturated carbocycles. The summed E-state index contributed by atoms with van der Waals surface area (Å²) in [5.41, 5.74) is 0.160. The van der Waals surface area contributed by atoms with Gasteiger partial charge < -0.3 is 38.5 Å². The van der Waals surface area contributed by atoms with Gasteiger partial charge in [0.2, 0.25) is 0 Å². The summed E-state index contributed by atoms with van der Waals surface area (Å²) in [5.74, 6) is -5.82. The van der Waals surface area contributed by atoms with Gasteiger partial charge in [0.15, 0.2) is 36.0 Å². The van der Waals surface area contributed by atoms with E-state index in [1.807, 2.05) is 0 Å². The van der Waals surface area contributed by atoms with E-state index in [-0.39, 0.29) is 22.6 Å². The average molecular weight is 582 g/mol. The Labute approximate surface area is 234 Å². The molecule has 1 saturated heterocycles. The maximum absolute atomic E-state index is 13.4. The number of carbonyl (C=O) groups is 7. The molecule has 0 aromatic heterocycles. The second-order valence-corrected chi connectivity index (χ2v) is 8.90. The zero-order chi connectivity index (χ0) is 31.0. The van der Waals surface area contributed by atoms with Crippen molar-refractivity contribution in [3.63, 3.8) is 0 Å². The van der Waals surface area contributed by atoms with Crippen molar-refractivity contribution in [1.29, 1.82) is 0 Å². The molecule has 1 amide bonds. The molecular formula is C26H31NO14. The minimum atomic E-state index is -1.53. The van der Waals surface area contributed by atoms with E-state index in [1.165, 1.54) is 13.0 Å². The van der Waals surface area contributed by atoms with Crippen LogP contribution >= 0.6 is 0 Å². The van der Waals surface area contributed by atoms with Crippen molar-refractivity contribution in [3.8, 4) is 11.5 Å². The number of esters is 6. The smallest absolute Gasteiger partial charge is 0.308 e. The van der Waals surface area contributed by atoms with Crippen LogP contribution < -0.4 is 14.8 Å². The summed E-state index contributed by atoms with van der Waals surface area (Å²) in [4.78, 5) is 83.9. The van der Waals surface area contributed by atoms with Crippen LogP contribution in [0.4, 0.5) is 0 Å². The SMILES string of the molecule is CC(=O)OC[C@H]1O[C@@H](NC(=O)c2cc(C)c(OC(C)=O)c(OC(C)=O)c2)[C@H](OC(C)=O)[C@@H](OC(C)=O)C1OC(C)=O. The number of ether oxygens (including phenoxy) is 7. The molecule has 1 aliphatic rings. The summed E-state index contributed by atoms with van der Waals surface area (Å²) in [6.07, 6.45) is -7.26. The molecule has 15 nitrogen and oxygen atoms in total. The van der Waals surface area contributed by atoms with E-state index in [2.05, 4.69) is 5.32 Å². The van der Waals surface area contributed by atoms with Gasteiger partial charge in [-0.05, 0) is 24.6 Å². The normalized spacial score (nSPS) is 21.5. The predicted octanol–water partition coefficient (Wildman–Crippen LogP) is 0.659.